The summed E-state index contributed by atoms with van der Waals surface area (Å²) in [6.07, 6.45) is 2.13. The molecule has 0 amide bonds. The number of methoxy groups -OCH3 is 2. The lowest BCUT2D eigenvalue weighted by Crippen LogP contribution is -2.14. The van der Waals surface area contributed by atoms with Crippen molar-refractivity contribution in [2.45, 2.75) is 19.3 Å². The minimum absolute atomic E-state index is 0.452. The third kappa shape index (κ3) is 4.10. The molecule has 0 radical (unpaired) electrons. The molecule has 0 aliphatic rings. The van der Waals surface area contributed by atoms with Gasteiger partial charge in [-0.05, 0) is 37.0 Å². The Bertz CT molecular complexity index is 420. The van der Waals surface area contributed by atoms with E-state index in [4.69, 9.17) is 10.00 Å². The average molecular weight is 247 g/mol. The molecule has 0 aromatic heterocycles. The fraction of sp³-hybridized carbons (Fsp3) is 0.429. The fourth-order valence-corrected chi connectivity index (χ4v) is 1.68. The number of rotatable bonds is 6. The number of aryl methyl sites for hydroxylation is 1. The van der Waals surface area contributed by atoms with E-state index >= 15 is 0 Å². The minimum Gasteiger partial charge on any atom is -0.497 e. The standard InChI is InChI=1S/C14H17NO3/c1-17-13-8-6-11(7-9-13)4-3-5-12(10-15)14(16)18-2/h6-9,12H,3-5H2,1-2H3. The van der Waals surface area contributed by atoms with Gasteiger partial charge >= 0.3 is 5.97 Å². The summed E-state index contributed by atoms with van der Waals surface area (Å²) in [6.45, 7) is 0. The number of hydrogen-bond acceptors (Lipinski definition) is 4. The van der Waals surface area contributed by atoms with Gasteiger partial charge in [0, 0.05) is 0 Å². The number of carbonyl (C=O) groups excluding carboxylic acids is 1. The molecule has 0 N–H and O–H groups in total. The zero-order valence-electron chi connectivity index (χ0n) is 10.7. The highest BCUT2D eigenvalue weighted by Gasteiger charge is 2.17. The van der Waals surface area contributed by atoms with Crippen molar-refractivity contribution < 1.29 is 14.3 Å². The van der Waals surface area contributed by atoms with Crippen molar-refractivity contribution in [3.05, 3.63) is 29.8 Å². The van der Waals surface area contributed by atoms with Gasteiger partial charge in [-0.1, -0.05) is 12.1 Å². The van der Waals surface area contributed by atoms with Gasteiger partial charge < -0.3 is 9.47 Å². The normalized spacial score (nSPS) is 11.4. The molecule has 0 fully saturated rings. The van der Waals surface area contributed by atoms with Crippen LogP contribution >= 0.6 is 0 Å². The molecule has 0 spiro atoms. The van der Waals surface area contributed by atoms with E-state index in [0.717, 1.165) is 24.2 Å². The molecule has 1 aromatic rings. The van der Waals surface area contributed by atoms with Crippen LogP contribution in [0.4, 0.5) is 0 Å². The maximum Gasteiger partial charge on any atom is 0.323 e. The highest BCUT2D eigenvalue weighted by Crippen LogP contribution is 2.15. The lowest BCUT2D eigenvalue weighted by Gasteiger charge is -2.07. The highest BCUT2D eigenvalue weighted by molar-refractivity contribution is 5.74. The second-order valence-corrected chi connectivity index (χ2v) is 3.95. The molecular weight excluding hydrogens is 230 g/mol. The monoisotopic (exact) mass is 247 g/mol. The van der Waals surface area contributed by atoms with Crippen molar-refractivity contribution in [3.8, 4) is 11.8 Å². The van der Waals surface area contributed by atoms with E-state index in [0.29, 0.717) is 6.42 Å². The molecular formula is C14H17NO3. The Morgan fingerprint density at radius 3 is 2.50 bits per heavy atom. The summed E-state index contributed by atoms with van der Waals surface area (Å²) >= 11 is 0. The summed E-state index contributed by atoms with van der Waals surface area (Å²) in [6, 6.07) is 9.73. The second-order valence-electron chi connectivity index (χ2n) is 3.95. The number of carbonyl (C=O) groups is 1. The van der Waals surface area contributed by atoms with Gasteiger partial charge in [-0.3, -0.25) is 4.79 Å². The molecule has 4 heteroatoms. The molecule has 0 aliphatic heterocycles. The van der Waals surface area contributed by atoms with Crippen LogP contribution < -0.4 is 4.74 Å². The van der Waals surface area contributed by atoms with Gasteiger partial charge in [0.05, 0.1) is 20.3 Å². The van der Waals surface area contributed by atoms with Gasteiger partial charge in [0.1, 0.15) is 11.7 Å². The van der Waals surface area contributed by atoms with Crippen LogP contribution in [0.3, 0.4) is 0 Å². The Morgan fingerprint density at radius 1 is 1.33 bits per heavy atom. The van der Waals surface area contributed by atoms with Crippen molar-refractivity contribution in [1.29, 1.82) is 5.26 Å². The van der Waals surface area contributed by atoms with Crippen LogP contribution in [0, 0.1) is 17.2 Å². The lowest BCUT2D eigenvalue weighted by atomic mass is 10.0. The van der Waals surface area contributed by atoms with E-state index in [9.17, 15) is 4.79 Å². The maximum atomic E-state index is 11.2. The number of ether oxygens (including phenoxy) is 2. The predicted molar refractivity (Wildman–Crippen MR) is 67.1 cm³/mol. The van der Waals surface area contributed by atoms with Gasteiger partial charge in [-0.2, -0.15) is 5.26 Å². The number of hydrogen-bond donors (Lipinski definition) is 0. The topological polar surface area (TPSA) is 59.3 Å². The average Bonchev–Trinajstić information content (AvgIpc) is 2.43. The molecule has 1 aromatic carbocycles. The molecule has 0 bridgehead atoms. The van der Waals surface area contributed by atoms with E-state index < -0.39 is 11.9 Å². The molecule has 96 valence electrons. The Balaban J connectivity index is 2.41. The van der Waals surface area contributed by atoms with Crippen molar-refractivity contribution in [2.24, 2.45) is 5.92 Å². The Kier molecular flexibility index (Phi) is 5.72. The predicted octanol–water partition coefficient (Wildman–Crippen LogP) is 2.33. The molecule has 0 aliphatic carbocycles. The van der Waals surface area contributed by atoms with E-state index in [2.05, 4.69) is 4.74 Å². The molecule has 0 heterocycles. The van der Waals surface area contributed by atoms with Gasteiger partial charge in [-0.25, -0.2) is 0 Å². The Hall–Kier alpha value is -2.02. The number of nitriles is 1. The summed E-state index contributed by atoms with van der Waals surface area (Å²) in [5, 5.41) is 8.83. The number of esters is 1. The van der Waals surface area contributed by atoms with Crippen LogP contribution in [-0.2, 0) is 16.0 Å². The van der Waals surface area contributed by atoms with Crippen LogP contribution in [-0.4, -0.2) is 20.2 Å². The molecule has 4 nitrogen and oxygen atoms in total. The van der Waals surface area contributed by atoms with Crippen LogP contribution in [0.5, 0.6) is 5.75 Å². The largest absolute Gasteiger partial charge is 0.497 e. The van der Waals surface area contributed by atoms with Crippen LogP contribution in [0.1, 0.15) is 18.4 Å². The third-order valence-electron chi connectivity index (χ3n) is 2.76. The highest BCUT2D eigenvalue weighted by atomic mass is 16.5. The molecule has 1 unspecified atom stereocenters. The van der Waals surface area contributed by atoms with Crippen molar-refractivity contribution in [1.82, 2.24) is 0 Å². The number of benzene rings is 1. The third-order valence-corrected chi connectivity index (χ3v) is 2.76. The first-order chi connectivity index (χ1) is 8.71. The second kappa shape index (κ2) is 7.33. The Labute approximate surface area is 107 Å². The summed E-state index contributed by atoms with van der Waals surface area (Å²) in [5.41, 5.74) is 1.16. The summed E-state index contributed by atoms with van der Waals surface area (Å²) in [7, 11) is 2.93. The minimum atomic E-state index is -0.659. The number of nitrogens with zero attached hydrogens (tertiary/aromatic N) is 1. The van der Waals surface area contributed by atoms with Gasteiger partial charge in [0.2, 0.25) is 0 Å². The van der Waals surface area contributed by atoms with Crippen molar-refractivity contribution >= 4 is 5.97 Å². The quantitative estimate of drug-likeness (QED) is 0.724. The SMILES string of the molecule is COC(=O)C(C#N)CCCc1ccc(OC)cc1. The maximum absolute atomic E-state index is 11.2. The fourth-order valence-electron chi connectivity index (χ4n) is 1.68. The van der Waals surface area contributed by atoms with Gasteiger partial charge in [0.15, 0.2) is 0 Å². The van der Waals surface area contributed by atoms with Crippen LogP contribution in [0.2, 0.25) is 0 Å². The molecule has 1 rings (SSSR count). The molecule has 1 atom stereocenters. The first-order valence-corrected chi connectivity index (χ1v) is 5.81. The lowest BCUT2D eigenvalue weighted by molar-refractivity contribution is -0.143. The summed E-state index contributed by atoms with van der Waals surface area (Å²) < 4.78 is 9.63. The molecule has 0 saturated heterocycles. The van der Waals surface area contributed by atoms with Crippen LogP contribution in [0.15, 0.2) is 24.3 Å². The van der Waals surface area contributed by atoms with Crippen LogP contribution in [0.25, 0.3) is 0 Å². The summed E-state index contributed by atoms with van der Waals surface area (Å²) in [4.78, 5) is 11.2. The molecule has 0 saturated carbocycles. The van der Waals surface area contributed by atoms with E-state index in [-0.39, 0.29) is 0 Å². The van der Waals surface area contributed by atoms with Gasteiger partial charge in [-0.15, -0.1) is 0 Å². The van der Waals surface area contributed by atoms with Crippen molar-refractivity contribution in [2.75, 3.05) is 14.2 Å². The van der Waals surface area contributed by atoms with E-state index in [1.807, 2.05) is 30.3 Å². The zero-order valence-corrected chi connectivity index (χ0v) is 10.7. The van der Waals surface area contributed by atoms with E-state index in [1.165, 1.54) is 7.11 Å². The Morgan fingerprint density at radius 2 is 2.00 bits per heavy atom. The van der Waals surface area contributed by atoms with Gasteiger partial charge in [0.25, 0.3) is 0 Å². The first-order valence-electron chi connectivity index (χ1n) is 5.81. The first kappa shape index (κ1) is 14.0. The van der Waals surface area contributed by atoms with E-state index in [1.54, 1.807) is 7.11 Å². The summed E-state index contributed by atoms with van der Waals surface area (Å²) in [5.74, 6) is -0.288. The smallest absolute Gasteiger partial charge is 0.323 e. The molecule has 18 heavy (non-hydrogen) atoms. The zero-order chi connectivity index (χ0) is 13.4. The van der Waals surface area contributed by atoms with Crippen molar-refractivity contribution in [3.63, 3.8) is 0 Å².